The minimum atomic E-state index is -0.232. The van der Waals surface area contributed by atoms with Crippen molar-refractivity contribution < 1.29 is 0 Å². The third-order valence-corrected chi connectivity index (χ3v) is 3.08. The molecule has 1 N–H and O–H groups in total. The summed E-state index contributed by atoms with van der Waals surface area (Å²) in [5, 5.41) is 15.6. The summed E-state index contributed by atoms with van der Waals surface area (Å²) in [5.41, 5.74) is 0.112. The van der Waals surface area contributed by atoms with Gasteiger partial charge in [0, 0.05) is 17.6 Å². The predicted octanol–water partition coefficient (Wildman–Crippen LogP) is 1.01. The quantitative estimate of drug-likeness (QED) is 0.874. The molecule has 0 bridgehead atoms. The maximum absolute atomic E-state index is 11.4. The van der Waals surface area contributed by atoms with Crippen molar-refractivity contribution in [3.8, 4) is 6.07 Å². The number of nitrogens with one attached hydrogen (secondary N) is 1. The molecule has 0 amide bonds. The second kappa shape index (κ2) is 4.84. The predicted molar refractivity (Wildman–Crippen MR) is 61.6 cm³/mol. The van der Waals surface area contributed by atoms with Crippen LogP contribution in [0.1, 0.15) is 12.6 Å². The van der Waals surface area contributed by atoms with Gasteiger partial charge in [-0.15, -0.1) is 5.10 Å². The number of H-pyrrole nitrogens is 1. The van der Waals surface area contributed by atoms with Crippen molar-refractivity contribution in [1.82, 2.24) is 19.7 Å². The molecule has 0 atom stereocenters. The van der Waals surface area contributed by atoms with Crippen molar-refractivity contribution in [2.75, 3.05) is 0 Å². The first-order valence-electron chi connectivity index (χ1n) is 4.93. The van der Waals surface area contributed by atoms with Crippen molar-refractivity contribution in [2.45, 2.75) is 23.5 Å². The number of nitrogens with zero attached hydrogens (tertiary/aromatic N) is 4. The zero-order valence-electron chi connectivity index (χ0n) is 9.04. The summed E-state index contributed by atoms with van der Waals surface area (Å²) in [5.74, 6) is 0. The first-order valence-corrected chi connectivity index (χ1v) is 5.75. The van der Waals surface area contributed by atoms with Gasteiger partial charge in [-0.2, -0.15) is 5.26 Å². The number of aromatic nitrogens is 4. The van der Waals surface area contributed by atoms with E-state index >= 15 is 0 Å². The van der Waals surface area contributed by atoms with Gasteiger partial charge < -0.3 is 0 Å². The molecule has 0 aliphatic carbocycles. The molecule has 86 valence electrons. The molecule has 2 heterocycles. The van der Waals surface area contributed by atoms with Crippen molar-refractivity contribution in [3.05, 3.63) is 34.5 Å². The highest BCUT2D eigenvalue weighted by molar-refractivity contribution is 7.99. The van der Waals surface area contributed by atoms with Gasteiger partial charge in [0.25, 0.3) is 0 Å². The zero-order chi connectivity index (χ0) is 12.3. The van der Waals surface area contributed by atoms with Gasteiger partial charge in [0.15, 0.2) is 5.16 Å². The van der Waals surface area contributed by atoms with Crippen LogP contribution < -0.4 is 5.69 Å². The molecular formula is C10H9N5OS. The Morgan fingerprint density at radius 2 is 2.47 bits per heavy atom. The fourth-order valence-electron chi connectivity index (χ4n) is 1.30. The molecule has 0 aromatic carbocycles. The van der Waals surface area contributed by atoms with Gasteiger partial charge in [0.1, 0.15) is 11.8 Å². The molecule has 0 aliphatic rings. The number of hydrogen-bond acceptors (Lipinski definition) is 5. The van der Waals surface area contributed by atoms with Crippen LogP contribution >= 0.6 is 11.8 Å². The van der Waals surface area contributed by atoms with Crippen LogP contribution in [0.15, 0.2) is 33.2 Å². The van der Waals surface area contributed by atoms with Gasteiger partial charge in [-0.1, -0.05) is 0 Å². The highest BCUT2D eigenvalue weighted by atomic mass is 32.2. The van der Waals surface area contributed by atoms with E-state index in [9.17, 15) is 4.79 Å². The maximum atomic E-state index is 11.4. The zero-order valence-corrected chi connectivity index (χ0v) is 9.86. The van der Waals surface area contributed by atoms with Crippen molar-refractivity contribution >= 4 is 11.8 Å². The molecule has 7 heteroatoms. The number of pyridine rings is 1. The average molecular weight is 247 g/mol. The number of rotatable bonds is 3. The highest BCUT2D eigenvalue weighted by Gasteiger charge is 2.08. The first kappa shape index (κ1) is 11.4. The number of nitriles is 1. The van der Waals surface area contributed by atoms with E-state index < -0.39 is 0 Å². The first-order chi connectivity index (χ1) is 8.24. The molecule has 0 radical (unpaired) electrons. The van der Waals surface area contributed by atoms with Crippen LogP contribution in [0.25, 0.3) is 0 Å². The topological polar surface area (TPSA) is 87.4 Å². The molecule has 0 fully saturated rings. The van der Waals surface area contributed by atoms with E-state index in [1.807, 2.05) is 13.0 Å². The smallest absolute Gasteiger partial charge is 0.270 e. The fourth-order valence-corrected chi connectivity index (χ4v) is 2.22. The molecular weight excluding hydrogens is 238 g/mol. The molecule has 2 aromatic heterocycles. The summed E-state index contributed by atoms with van der Waals surface area (Å²) in [6, 6.07) is 5.39. The van der Waals surface area contributed by atoms with Gasteiger partial charge in [-0.05, 0) is 30.8 Å². The molecule has 0 unspecified atom stereocenters. The maximum Gasteiger partial charge on any atom is 0.343 e. The van der Waals surface area contributed by atoms with E-state index in [2.05, 4.69) is 15.2 Å². The number of aromatic amines is 1. The average Bonchev–Trinajstić information content (AvgIpc) is 2.70. The van der Waals surface area contributed by atoms with E-state index in [0.29, 0.717) is 17.4 Å². The molecule has 17 heavy (non-hydrogen) atoms. The summed E-state index contributed by atoms with van der Waals surface area (Å²) < 4.78 is 1.52. The lowest BCUT2D eigenvalue weighted by Gasteiger charge is -2.01. The summed E-state index contributed by atoms with van der Waals surface area (Å²) >= 11 is 1.32. The largest absolute Gasteiger partial charge is 0.343 e. The Morgan fingerprint density at radius 1 is 1.65 bits per heavy atom. The van der Waals surface area contributed by atoms with Crippen molar-refractivity contribution in [1.29, 1.82) is 5.26 Å². The summed E-state index contributed by atoms with van der Waals surface area (Å²) in [4.78, 5) is 16.1. The minimum Gasteiger partial charge on any atom is -0.270 e. The second-order valence-electron chi connectivity index (χ2n) is 3.15. The van der Waals surface area contributed by atoms with Crippen LogP contribution in [0.4, 0.5) is 0 Å². The van der Waals surface area contributed by atoms with E-state index in [-0.39, 0.29) is 5.69 Å². The van der Waals surface area contributed by atoms with Crippen LogP contribution in [0.2, 0.25) is 0 Å². The molecule has 0 saturated heterocycles. The van der Waals surface area contributed by atoms with E-state index in [0.717, 1.165) is 4.90 Å². The van der Waals surface area contributed by atoms with Gasteiger partial charge in [0.2, 0.25) is 0 Å². The van der Waals surface area contributed by atoms with Crippen LogP contribution in [0.5, 0.6) is 0 Å². The Kier molecular flexibility index (Phi) is 3.25. The third kappa shape index (κ3) is 2.37. The molecule has 2 rings (SSSR count). The van der Waals surface area contributed by atoms with Gasteiger partial charge in [-0.25, -0.2) is 14.9 Å². The van der Waals surface area contributed by atoms with Gasteiger partial charge >= 0.3 is 5.69 Å². The molecule has 0 aliphatic heterocycles. The van der Waals surface area contributed by atoms with Crippen LogP contribution in [0.3, 0.4) is 0 Å². The van der Waals surface area contributed by atoms with Crippen molar-refractivity contribution in [2.24, 2.45) is 0 Å². The third-order valence-electron chi connectivity index (χ3n) is 2.09. The standard InChI is InChI=1S/C10H9N5OS/c1-2-15-9(16)13-14-10(15)17-8-3-4-12-7(5-8)6-11/h3-5H,2H2,1H3,(H,13,16). The van der Waals surface area contributed by atoms with Crippen LogP contribution in [0, 0.1) is 11.3 Å². The summed E-state index contributed by atoms with van der Waals surface area (Å²) in [7, 11) is 0. The second-order valence-corrected chi connectivity index (χ2v) is 4.19. The fraction of sp³-hybridized carbons (Fsp3) is 0.200. The highest BCUT2D eigenvalue weighted by Crippen LogP contribution is 2.24. The van der Waals surface area contributed by atoms with Crippen molar-refractivity contribution in [3.63, 3.8) is 0 Å². The van der Waals surface area contributed by atoms with E-state index in [1.54, 1.807) is 18.3 Å². The molecule has 2 aromatic rings. The lowest BCUT2D eigenvalue weighted by Crippen LogP contribution is -2.15. The Bertz CT molecular complexity index is 624. The molecule has 0 saturated carbocycles. The SMILES string of the molecule is CCn1c(Sc2ccnc(C#N)c2)n[nH]c1=O. The normalized spacial score (nSPS) is 10.1. The molecule has 0 spiro atoms. The van der Waals surface area contributed by atoms with Gasteiger partial charge in [0.05, 0.1) is 0 Å². The Hall–Kier alpha value is -2.07. The van der Waals surface area contributed by atoms with E-state index in [1.165, 1.54) is 16.3 Å². The lowest BCUT2D eigenvalue weighted by molar-refractivity contribution is 0.660. The number of hydrogen-bond donors (Lipinski definition) is 1. The summed E-state index contributed by atoms with van der Waals surface area (Å²) in [6.07, 6.45) is 1.56. The monoisotopic (exact) mass is 247 g/mol. The Morgan fingerprint density at radius 3 is 3.18 bits per heavy atom. The molecule has 6 nitrogen and oxygen atoms in total. The van der Waals surface area contributed by atoms with E-state index in [4.69, 9.17) is 5.26 Å². The van der Waals surface area contributed by atoms with Gasteiger partial charge in [-0.3, -0.25) is 4.57 Å². The Balaban J connectivity index is 2.31. The van der Waals surface area contributed by atoms with Crippen LogP contribution in [-0.2, 0) is 6.54 Å². The minimum absolute atomic E-state index is 0.232. The van der Waals surface area contributed by atoms with Crippen LogP contribution in [-0.4, -0.2) is 19.7 Å². The summed E-state index contributed by atoms with van der Waals surface area (Å²) in [6.45, 7) is 2.42. The lowest BCUT2D eigenvalue weighted by atomic mass is 10.4. The Labute approximate surface area is 101 Å².